The second-order valence-electron chi connectivity index (χ2n) is 17.1. The van der Waals surface area contributed by atoms with Crippen molar-refractivity contribution in [3.8, 4) is 0 Å². The van der Waals surface area contributed by atoms with Crippen molar-refractivity contribution in [2.45, 2.75) is 141 Å². The number of nitrogens with zero attached hydrogens (tertiary/aromatic N) is 3. The van der Waals surface area contributed by atoms with E-state index in [9.17, 15) is 24.3 Å². The SMILES string of the molecule is CO[C@@]1(C)C[C@@H](C)C(=O)[C@H](C)C2N(CCCCc3ccnc4ccccc34)C(=O)O[C@]2(C)[C@@H](C)OC(=O)[C@H](C)C(=O)[C@H](C)[C@H]1OC1O[C@H](C)C[C@H](N(C)C)[C@H]1O. The second-order valence-corrected chi connectivity index (χ2v) is 17.1. The van der Waals surface area contributed by atoms with E-state index in [2.05, 4.69) is 11.1 Å². The Balaban J connectivity index is 1.44. The number of hydrogen-bond donors (Lipinski definition) is 1. The van der Waals surface area contributed by atoms with Gasteiger partial charge in [-0.15, -0.1) is 0 Å². The Morgan fingerprint density at radius 2 is 1.66 bits per heavy atom. The first-order chi connectivity index (χ1) is 26.3. The molecule has 4 heterocycles. The van der Waals surface area contributed by atoms with E-state index in [0.29, 0.717) is 19.4 Å². The van der Waals surface area contributed by atoms with E-state index in [0.717, 1.165) is 23.7 Å². The number of pyridine rings is 1. The Bertz CT molecular complexity index is 1730. The zero-order chi connectivity index (χ0) is 41.3. The highest BCUT2D eigenvalue weighted by Gasteiger charge is 2.59. The van der Waals surface area contributed by atoms with E-state index in [-0.39, 0.29) is 24.3 Å². The van der Waals surface area contributed by atoms with E-state index in [4.69, 9.17) is 23.7 Å². The van der Waals surface area contributed by atoms with Gasteiger partial charge in [-0.05, 0) is 98.5 Å². The number of para-hydroxylation sites is 1. The maximum Gasteiger partial charge on any atom is 0.410 e. The molecule has 13 heteroatoms. The molecule has 1 amide bonds. The summed E-state index contributed by atoms with van der Waals surface area (Å²) in [4.78, 5) is 64.4. The molecule has 3 fully saturated rings. The number of unbranched alkanes of at least 4 members (excludes halogenated alkanes) is 1. The van der Waals surface area contributed by atoms with Gasteiger partial charge in [0, 0.05) is 49.0 Å². The van der Waals surface area contributed by atoms with Gasteiger partial charge < -0.3 is 38.6 Å². The van der Waals surface area contributed by atoms with Crippen LogP contribution in [0, 0.1) is 23.7 Å². The molecule has 56 heavy (non-hydrogen) atoms. The first-order valence-corrected chi connectivity index (χ1v) is 20.1. The number of ether oxygens (including phenoxy) is 5. The van der Waals surface area contributed by atoms with Gasteiger partial charge in [-0.25, -0.2) is 4.79 Å². The molecule has 0 aliphatic carbocycles. The summed E-state index contributed by atoms with van der Waals surface area (Å²) in [5, 5.41) is 12.5. The lowest BCUT2D eigenvalue weighted by molar-refractivity contribution is -0.295. The molecule has 3 saturated heterocycles. The van der Waals surface area contributed by atoms with Gasteiger partial charge >= 0.3 is 12.1 Å². The van der Waals surface area contributed by atoms with E-state index < -0.39 is 83.4 Å². The minimum Gasteiger partial charge on any atom is -0.458 e. The molecular formula is C43H63N3O10. The van der Waals surface area contributed by atoms with Crippen LogP contribution < -0.4 is 0 Å². The van der Waals surface area contributed by atoms with E-state index in [1.54, 1.807) is 45.7 Å². The van der Waals surface area contributed by atoms with Gasteiger partial charge in [0.15, 0.2) is 17.7 Å². The number of esters is 1. The molecule has 5 rings (SSSR count). The summed E-state index contributed by atoms with van der Waals surface area (Å²) in [6.45, 7) is 14.1. The summed E-state index contributed by atoms with van der Waals surface area (Å²) in [5.74, 6) is -4.93. The van der Waals surface area contributed by atoms with Crippen LogP contribution >= 0.6 is 0 Å². The van der Waals surface area contributed by atoms with Gasteiger partial charge in [0.2, 0.25) is 0 Å². The van der Waals surface area contributed by atoms with Crippen LogP contribution in [0.5, 0.6) is 0 Å². The van der Waals surface area contributed by atoms with Gasteiger partial charge in [0.25, 0.3) is 0 Å². The van der Waals surface area contributed by atoms with E-state index in [1.807, 2.05) is 57.1 Å². The third-order valence-corrected chi connectivity index (χ3v) is 12.8. The van der Waals surface area contributed by atoms with Crippen molar-refractivity contribution < 1.29 is 48.0 Å². The number of hydrogen-bond acceptors (Lipinski definition) is 12. The van der Waals surface area contributed by atoms with Crippen molar-refractivity contribution in [3.05, 3.63) is 42.1 Å². The number of aliphatic hydroxyl groups excluding tert-OH is 1. The number of amides is 1. The lowest BCUT2D eigenvalue weighted by Gasteiger charge is -2.47. The van der Waals surface area contributed by atoms with Crippen molar-refractivity contribution in [3.63, 3.8) is 0 Å². The van der Waals surface area contributed by atoms with Gasteiger partial charge in [-0.1, -0.05) is 39.0 Å². The zero-order valence-corrected chi connectivity index (χ0v) is 35.0. The highest BCUT2D eigenvalue weighted by molar-refractivity contribution is 6.00. The topological polar surface area (TPSA) is 154 Å². The number of ketones is 2. The molecule has 2 unspecified atom stereocenters. The molecule has 1 aromatic carbocycles. The monoisotopic (exact) mass is 781 g/mol. The smallest absolute Gasteiger partial charge is 0.410 e. The second kappa shape index (κ2) is 17.6. The number of aromatic nitrogens is 1. The number of carbonyl (C=O) groups excluding carboxylic acids is 4. The van der Waals surface area contributed by atoms with E-state index in [1.165, 1.54) is 19.6 Å². The average Bonchev–Trinajstić information content (AvgIpc) is 3.43. The molecule has 310 valence electrons. The van der Waals surface area contributed by atoms with Crippen molar-refractivity contribution in [2.24, 2.45) is 23.7 Å². The standard InChI is InChI=1S/C43H63N3O10/c1-24-23-42(7,52-11)38(55-40-36(49)33(45(9)10)22-25(2)53-40)27(4)35(48)28(5)39(50)54-29(6)43(8)37(26(3)34(24)47)46(41(51)56-43)21-15-14-16-30-19-20-44-32-18-13-12-17-31(30)32/h12-13,17-20,24-29,33,36-38,40,49H,14-16,21-23H2,1-11H3/t24-,25-,26+,27+,28-,29-,33+,36-,37?,38-,40?,42+,43-/m1/s1. The molecule has 0 spiro atoms. The number of aliphatic hydroxyl groups is 1. The first-order valence-electron chi connectivity index (χ1n) is 20.1. The van der Waals surface area contributed by atoms with Gasteiger partial charge in [0.1, 0.15) is 23.9 Å². The Kier molecular flexibility index (Phi) is 13.7. The third kappa shape index (κ3) is 8.67. The van der Waals surface area contributed by atoms with Crippen molar-refractivity contribution in [2.75, 3.05) is 27.7 Å². The average molecular weight is 782 g/mol. The van der Waals surface area contributed by atoms with Crippen LogP contribution in [0.15, 0.2) is 36.5 Å². The third-order valence-electron chi connectivity index (χ3n) is 12.8. The first kappa shape index (κ1) is 43.6. The number of rotatable bonds is 9. The van der Waals surface area contributed by atoms with Gasteiger partial charge in [-0.3, -0.25) is 19.4 Å². The maximum absolute atomic E-state index is 14.6. The lowest BCUT2D eigenvalue weighted by atomic mass is 9.73. The van der Waals surface area contributed by atoms with Crippen LogP contribution in [0.4, 0.5) is 4.79 Å². The van der Waals surface area contributed by atoms with Crippen LogP contribution in [-0.2, 0) is 44.5 Å². The van der Waals surface area contributed by atoms with Crippen LogP contribution in [0.2, 0.25) is 0 Å². The molecule has 13 nitrogen and oxygen atoms in total. The van der Waals surface area contributed by atoms with Gasteiger partial charge in [0.05, 0.1) is 29.4 Å². The van der Waals surface area contributed by atoms with Crippen molar-refractivity contribution >= 4 is 34.5 Å². The number of cyclic esters (lactones) is 1. The molecule has 0 bridgehead atoms. The quantitative estimate of drug-likeness (QED) is 0.198. The van der Waals surface area contributed by atoms with E-state index >= 15 is 0 Å². The summed E-state index contributed by atoms with van der Waals surface area (Å²) in [6, 6.07) is 8.95. The fraction of sp³-hybridized carbons (Fsp3) is 0.698. The van der Waals surface area contributed by atoms with Crippen LogP contribution in [0.1, 0.15) is 86.6 Å². The van der Waals surface area contributed by atoms with Crippen LogP contribution in [0.25, 0.3) is 10.9 Å². The van der Waals surface area contributed by atoms with Crippen LogP contribution in [0.3, 0.4) is 0 Å². The summed E-state index contributed by atoms with van der Waals surface area (Å²) in [7, 11) is 5.24. The summed E-state index contributed by atoms with van der Waals surface area (Å²) in [5.41, 5.74) is -0.566. The number of Topliss-reactive ketones (excluding diaryl/α,β-unsaturated/α-hetero) is 2. The minimum absolute atomic E-state index is 0.136. The number of benzene rings is 1. The summed E-state index contributed by atoms with van der Waals surface area (Å²) < 4.78 is 31.0. The Morgan fingerprint density at radius 1 is 0.964 bits per heavy atom. The molecule has 0 saturated carbocycles. The molecule has 13 atom stereocenters. The minimum atomic E-state index is -1.40. The molecule has 3 aliphatic heterocycles. The zero-order valence-electron chi connectivity index (χ0n) is 35.0. The molecule has 1 aromatic heterocycles. The molecule has 0 radical (unpaired) electrons. The molecular weight excluding hydrogens is 718 g/mol. The van der Waals surface area contributed by atoms with Crippen LogP contribution in [-0.4, -0.2) is 125 Å². The van der Waals surface area contributed by atoms with Crippen molar-refractivity contribution in [1.29, 1.82) is 0 Å². The predicted octanol–water partition coefficient (Wildman–Crippen LogP) is 5.37. The highest BCUT2D eigenvalue weighted by atomic mass is 16.7. The molecule has 2 aromatic rings. The molecule has 3 aliphatic rings. The number of methoxy groups -OCH3 is 1. The maximum atomic E-state index is 14.6. The Labute approximate surface area is 331 Å². The number of aryl methyl sites for hydroxylation is 1. The Hall–Kier alpha value is -3.49. The fourth-order valence-electron chi connectivity index (χ4n) is 9.29. The lowest BCUT2D eigenvalue weighted by Crippen LogP contribution is -2.60. The Morgan fingerprint density at radius 3 is 2.34 bits per heavy atom. The molecule has 1 N–H and O–H groups in total. The number of fused-ring (bicyclic) bond motifs is 2. The fourth-order valence-corrected chi connectivity index (χ4v) is 9.29. The predicted molar refractivity (Wildman–Crippen MR) is 210 cm³/mol. The largest absolute Gasteiger partial charge is 0.458 e. The highest BCUT2D eigenvalue weighted by Crippen LogP contribution is 2.42. The summed E-state index contributed by atoms with van der Waals surface area (Å²) >= 11 is 0. The van der Waals surface area contributed by atoms with Gasteiger partial charge in [-0.2, -0.15) is 0 Å². The normalized spacial score (nSPS) is 37.7. The number of likely N-dealkylation sites (N-methyl/N-ethyl adjacent to an activating group) is 1. The number of carbonyl (C=O) groups is 4. The summed E-state index contributed by atoms with van der Waals surface area (Å²) in [6.07, 6.45) is -0.348. The van der Waals surface area contributed by atoms with Crippen molar-refractivity contribution in [1.82, 2.24) is 14.8 Å².